The van der Waals surface area contributed by atoms with E-state index in [0.29, 0.717) is 32.4 Å². The number of benzene rings is 2. The summed E-state index contributed by atoms with van der Waals surface area (Å²) in [6, 6.07) is 16.1. The Morgan fingerprint density at radius 2 is 1.67 bits per heavy atom. The molecular weight excluding hydrogens is 336 g/mol. The van der Waals surface area contributed by atoms with Crippen molar-refractivity contribution >= 4 is 29.7 Å². The van der Waals surface area contributed by atoms with Crippen molar-refractivity contribution in [2.75, 3.05) is 11.4 Å². The molecule has 0 fully saturated rings. The maximum absolute atomic E-state index is 13.0. The highest BCUT2D eigenvalue weighted by Gasteiger charge is 2.20. The predicted octanol–water partition coefficient (Wildman–Crippen LogP) is 4.40. The van der Waals surface area contributed by atoms with E-state index in [-0.39, 0.29) is 11.8 Å². The number of amides is 2. The van der Waals surface area contributed by atoms with E-state index in [1.54, 1.807) is 0 Å². The van der Waals surface area contributed by atoms with Crippen molar-refractivity contribution in [2.24, 2.45) is 0 Å². The SMILES string of the molecule is CCCNC(=O)CCCC(=O)N1Cc2ccccc2/C=C\c2ccccc21. The highest BCUT2D eigenvalue weighted by Crippen LogP contribution is 2.29. The lowest BCUT2D eigenvalue weighted by atomic mass is 10.0. The maximum atomic E-state index is 13.0. The quantitative estimate of drug-likeness (QED) is 0.828. The summed E-state index contributed by atoms with van der Waals surface area (Å²) in [4.78, 5) is 26.6. The fourth-order valence-corrected chi connectivity index (χ4v) is 3.26. The molecule has 4 heteroatoms. The lowest BCUT2D eigenvalue weighted by Gasteiger charge is -2.27. The number of carbonyl (C=O) groups is 2. The molecule has 1 heterocycles. The Morgan fingerprint density at radius 1 is 0.963 bits per heavy atom. The standard InChI is InChI=1S/C23H26N2O2/c1-2-16-24-22(26)12-7-13-23(27)25-17-20-10-4-3-8-18(20)14-15-19-9-5-6-11-21(19)25/h3-6,8-11,14-15H,2,7,12-13,16-17H2,1H3,(H,24,26)/b15-14-. The molecule has 1 N–H and O–H groups in total. The molecular formula is C23H26N2O2. The van der Waals surface area contributed by atoms with E-state index >= 15 is 0 Å². The van der Waals surface area contributed by atoms with Crippen molar-refractivity contribution in [2.45, 2.75) is 39.2 Å². The third-order valence-corrected chi connectivity index (χ3v) is 4.72. The summed E-state index contributed by atoms with van der Waals surface area (Å²) in [5.74, 6) is 0.0711. The number of hydrogen-bond acceptors (Lipinski definition) is 2. The van der Waals surface area contributed by atoms with Crippen molar-refractivity contribution in [1.82, 2.24) is 5.32 Å². The van der Waals surface area contributed by atoms with Crippen LogP contribution in [0.4, 0.5) is 5.69 Å². The van der Waals surface area contributed by atoms with Gasteiger partial charge in [-0.05, 0) is 35.6 Å². The number of anilines is 1. The van der Waals surface area contributed by atoms with E-state index in [1.165, 1.54) is 0 Å². The molecule has 1 aliphatic heterocycles. The molecule has 3 rings (SSSR count). The van der Waals surface area contributed by atoms with Crippen LogP contribution >= 0.6 is 0 Å². The monoisotopic (exact) mass is 362 g/mol. The Kier molecular flexibility index (Phi) is 6.42. The zero-order valence-corrected chi connectivity index (χ0v) is 15.8. The summed E-state index contributed by atoms with van der Waals surface area (Å²) >= 11 is 0. The lowest BCUT2D eigenvalue weighted by molar-refractivity contribution is -0.121. The van der Waals surface area contributed by atoms with Crippen LogP contribution in [-0.4, -0.2) is 18.4 Å². The van der Waals surface area contributed by atoms with Crippen LogP contribution in [0.15, 0.2) is 48.5 Å². The number of hydrogen-bond donors (Lipinski definition) is 1. The van der Waals surface area contributed by atoms with Crippen LogP contribution in [0.25, 0.3) is 12.2 Å². The van der Waals surface area contributed by atoms with Crippen LogP contribution < -0.4 is 10.2 Å². The molecule has 0 aliphatic carbocycles. The van der Waals surface area contributed by atoms with Gasteiger partial charge in [0.05, 0.1) is 12.2 Å². The van der Waals surface area contributed by atoms with Gasteiger partial charge in [0.1, 0.15) is 0 Å². The van der Waals surface area contributed by atoms with Gasteiger partial charge in [-0.1, -0.05) is 61.5 Å². The highest BCUT2D eigenvalue weighted by atomic mass is 16.2. The van der Waals surface area contributed by atoms with Gasteiger partial charge in [0.2, 0.25) is 11.8 Å². The molecule has 4 nitrogen and oxygen atoms in total. The summed E-state index contributed by atoms with van der Waals surface area (Å²) in [6.07, 6.45) is 6.39. The molecule has 2 aromatic rings. The van der Waals surface area contributed by atoms with Gasteiger partial charge in [-0.15, -0.1) is 0 Å². The minimum Gasteiger partial charge on any atom is -0.356 e. The molecule has 2 amide bonds. The Balaban J connectivity index is 1.76. The normalized spacial score (nSPS) is 13.7. The van der Waals surface area contributed by atoms with Gasteiger partial charge >= 0.3 is 0 Å². The van der Waals surface area contributed by atoms with Crippen molar-refractivity contribution in [3.8, 4) is 0 Å². The molecule has 0 saturated carbocycles. The average Bonchev–Trinajstić information content (AvgIpc) is 2.68. The van der Waals surface area contributed by atoms with Gasteiger partial charge in [-0.3, -0.25) is 9.59 Å². The summed E-state index contributed by atoms with van der Waals surface area (Å²) in [5, 5.41) is 2.86. The van der Waals surface area contributed by atoms with Crippen molar-refractivity contribution in [1.29, 1.82) is 0 Å². The maximum Gasteiger partial charge on any atom is 0.227 e. The fourth-order valence-electron chi connectivity index (χ4n) is 3.26. The Hall–Kier alpha value is -2.88. The first-order valence-electron chi connectivity index (χ1n) is 9.61. The van der Waals surface area contributed by atoms with Crippen LogP contribution in [0.2, 0.25) is 0 Å². The third-order valence-electron chi connectivity index (χ3n) is 4.72. The summed E-state index contributed by atoms with van der Waals surface area (Å²) in [6.45, 7) is 3.25. The Morgan fingerprint density at radius 3 is 2.48 bits per heavy atom. The molecule has 0 radical (unpaired) electrons. The van der Waals surface area contributed by atoms with Gasteiger partial charge in [0, 0.05) is 19.4 Å². The molecule has 0 atom stereocenters. The predicted molar refractivity (Wildman–Crippen MR) is 110 cm³/mol. The zero-order valence-electron chi connectivity index (χ0n) is 15.8. The van der Waals surface area contributed by atoms with Crippen LogP contribution in [-0.2, 0) is 16.1 Å². The molecule has 0 unspecified atom stereocenters. The molecule has 1 aliphatic rings. The van der Waals surface area contributed by atoms with Crippen LogP contribution in [0, 0.1) is 0 Å². The van der Waals surface area contributed by atoms with E-state index in [0.717, 1.165) is 28.8 Å². The smallest absolute Gasteiger partial charge is 0.227 e. The number of carbonyl (C=O) groups excluding carboxylic acids is 2. The Bertz CT molecular complexity index is 842. The topological polar surface area (TPSA) is 49.4 Å². The summed E-state index contributed by atoms with van der Waals surface area (Å²) < 4.78 is 0. The number of rotatable bonds is 6. The second-order valence-electron chi connectivity index (χ2n) is 6.77. The lowest BCUT2D eigenvalue weighted by Crippen LogP contribution is -2.32. The second kappa shape index (κ2) is 9.17. The van der Waals surface area contributed by atoms with Gasteiger partial charge in [-0.2, -0.15) is 0 Å². The van der Waals surface area contributed by atoms with Crippen molar-refractivity contribution in [3.05, 3.63) is 65.2 Å². The van der Waals surface area contributed by atoms with E-state index in [2.05, 4.69) is 29.6 Å². The molecule has 140 valence electrons. The first kappa shape index (κ1) is 18.9. The number of nitrogens with zero attached hydrogens (tertiary/aromatic N) is 1. The molecule has 0 aromatic heterocycles. The average molecular weight is 362 g/mol. The molecule has 2 aromatic carbocycles. The van der Waals surface area contributed by atoms with E-state index in [4.69, 9.17) is 0 Å². The summed E-state index contributed by atoms with van der Waals surface area (Å²) in [5.41, 5.74) is 4.20. The number of fused-ring (bicyclic) bond motifs is 2. The highest BCUT2D eigenvalue weighted by molar-refractivity contribution is 5.97. The van der Waals surface area contributed by atoms with E-state index < -0.39 is 0 Å². The fraction of sp³-hybridized carbons (Fsp3) is 0.304. The van der Waals surface area contributed by atoms with Crippen LogP contribution in [0.1, 0.15) is 49.3 Å². The van der Waals surface area contributed by atoms with Gasteiger partial charge in [0.15, 0.2) is 0 Å². The van der Waals surface area contributed by atoms with Crippen molar-refractivity contribution in [3.63, 3.8) is 0 Å². The van der Waals surface area contributed by atoms with Gasteiger partial charge in [0.25, 0.3) is 0 Å². The van der Waals surface area contributed by atoms with Gasteiger partial charge in [-0.25, -0.2) is 0 Å². The molecule has 27 heavy (non-hydrogen) atoms. The first-order valence-corrected chi connectivity index (χ1v) is 9.61. The van der Waals surface area contributed by atoms with Crippen LogP contribution in [0.3, 0.4) is 0 Å². The zero-order chi connectivity index (χ0) is 19.1. The third kappa shape index (κ3) is 4.85. The minimum atomic E-state index is 0.0194. The van der Waals surface area contributed by atoms with Crippen molar-refractivity contribution < 1.29 is 9.59 Å². The molecule has 0 spiro atoms. The minimum absolute atomic E-state index is 0.0194. The second-order valence-corrected chi connectivity index (χ2v) is 6.77. The van der Waals surface area contributed by atoms with Crippen LogP contribution in [0.5, 0.6) is 0 Å². The van der Waals surface area contributed by atoms with E-state index in [1.807, 2.05) is 48.2 Å². The largest absolute Gasteiger partial charge is 0.356 e. The number of para-hydroxylation sites is 1. The molecule has 0 bridgehead atoms. The number of nitrogens with one attached hydrogen (secondary N) is 1. The molecule has 0 saturated heterocycles. The van der Waals surface area contributed by atoms with E-state index in [9.17, 15) is 9.59 Å². The Labute approximate surface area is 160 Å². The first-order chi connectivity index (χ1) is 13.2. The van der Waals surface area contributed by atoms with Gasteiger partial charge < -0.3 is 10.2 Å². The summed E-state index contributed by atoms with van der Waals surface area (Å²) in [7, 11) is 0.